The van der Waals surface area contributed by atoms with E-state index >= 15 is 0 Å². The van der Waals surface area contributed by atoms with Crippen LogP contribution in [0.25, 0.3) is 0 Å². The van der Waals surface area contributed by atoms with Gasteiger partial charge in [-0.1, -0.05) is 20.8 Å². The van der Waals surface area contributed by atoms with E-state index in [9.17, 15) is 0 Å². The Morgan fingerprint density at radius 2 is 1.18 bits per heavy atom. The van der Waals surface area contributed by atoms with Gasteiger partial charge in [-0.15, -0.1) is 23.2 Å². The minimum Gasteiger partial charge on any atom is -0.328 e. The quantitative estimate of drug-likeness (QED) is 0.435. The van der Waals surface area contributed by atoms with Crippen LogP contribution in [0.1, 0.15) is 20.8 Å². The lowest BCUT2D eigenvalue weighted by atomic mass is 10.0. The van der Waals surface area contributed by atoms with Crippen LogP contribution in [0.15, 0.2) is 0 Å². The highest BCUT2D eigenvalue weighted by Gasteiger charge is 2.18. The summed E-state index contributed by atoms with van der Waals surface area (Å²) >= 11 is 11.0. The van der Waals surface area contributed by atoms with Crippen LogP contribution in [0.4, 0.5) is 0 Å². The van der Waals surface area contributed by atoms with E-state index in [0.29, 0.717) is 0 Å². The monoisotopic (exact) mass is 222 g/mol. The standard InChI is InChI=1S/C5H10Cl2.H3O3P/c1-5(2,3)4(6)7;1-4(2)3/h4H,1-3H3;1-3H. The third kappa shape index (κ3) is 18.1. The maximum Gasteiger partial charge on any atom is 0.324 e. The van der Waals surface area contributed by atoms with Crippen molar-refractivity contribution in [1.82, 2.24) is 0 Å². The summed E-state index contributed by atoms with van der Waals surface area (Å²) in [7, 11) is -2.62. The van der Waals surface area contributed by atoms with Crippen molar-refractivity contribution in [2.75, 3.05) is 0 Å². The van der Waals surface area contributed by atoms with Gasteiger partial charge in [-0.3, -0.25) is 0 Å². The van der Waals surface area contributed by atoms with Crippen molar-refractivity contribution in [3.8, 4) is 0 Å². The number of hydrogen-bond donors (Lipinski definition) is 3. The number of hydrogen-bond acceptors (Lipinski definition) is 3. The highest BCUT2D eigenvalue weighted by atomic mass is 35.5. The first-order valence-electron chi connectivity index (χ1n) is 2.83. The molecule has 0 saturated carbocycles. The molecule has 0 amide bonds. The van der Waals surface area contributed by atoms with Gasteiger partial charge in [0, 0.05) is 0 Å². The Hall–Kier alpha value is 0.890. The van der Waals surface area contributed by atoms with Crippen molar-refractivity contribution in [3.63, 3.8) is 0 Å². The van der Waals surface area contributed by atoms with Crippen LogP contribution >= 0.6 is 31.8 Å². The molecular weight excluding hydrogens is 210 g/mol. The molecular formula is C5H13Cl2O3P. The first-order chi connectivity index (χ1) is 4.68. The molecule has 0 spiro atoms. The molecule has 3 N–H and O–H groups in total. The van der Waals surface area contributed by atoms with E-state index < -0.39 is 8.60 Å². The van der Waals surface area contributed by atoms with Crippen LogP contribution in [0.2, 0.25) is 0 Å². The zero-order valence-electron chi connectivity index (χ0n) is 6.62. The first kappa shape index (κ1) is 14.4. The number of alkyl halides is 2. The molecule has 0 aromatic heterocycles. The second-order valence-corrected chi connectivity index (χ2v) is 4.57. The van der Waals surface area contributed by atoms with Crippen molar-refractivity contribution in [1.29, 1.82) is 0 Å². The summed E-state index contributed by atoms with van der Waals surface area (Å²) in [4.78, 5) is 21.4. The van der Waals surface area contributed by atoms with Gasteiger partial charge >= 0.3 is 8.60 Å². The maximum absolute atomic E-state index is 7.23. The molecule has 0 aliphatic heterocycles. The molecule has 0 fully saturated rings. The second-order valence-electron chi connectivity index (χ2n) is 2.94. The molecule has 0 saturated heterocycles. The number of rotatable bonds is 0. The summed E-state index contributed by atoms with van der Waals surface area (Å²) in [6.07, 6.45) is 0. The van der Waals surface area contributed by atoms with E-state index in [1.54, 1.807) is 0 Å². The van der Waals surface area contributed by atoms with E-state index in [2.05, 4.69) is 0 Å². The Labute approximate surface area is 78.0 Å². The average Bonchev–Trinajstić information content (AvgIpc) is 1.59. The van der Waals surface area contributed by atoms with Gasteiger partial charge in [0.1, 0.15) is 4.84 Å². The topological polar surface area (TPSA) is 60.7 Å². The van der Waals surface area contributed by atoms with Gasteiger partial charge < -0.3 is 14.7 Å². The highest BCUT2D eigenvalue weighted by Crippen LogP contribution is 2.26. The average molecular weight is 223 g/mol. The lowest BCUT2D eigenvalue weighted by molar-refractivity contribution is 0.368. The summed E-state index contributed by atoms with van der Waals surface area (Å²) in [5, 5.41) is 0. The molecule has 0 atom stereocenters. The van der Waals surface area contributed by atoms with Crippen molar-refractivity contribution in [3.05, 3.63) is 0 Å². The van der Waals surface area contributed by atoms with E-state index in [4.69, 9.17) is 37.9 Å². The molecule has 0 heterocycles. The van der Waals surface area contributed by atoms with E-state index in [1.807, 2.05) is 20.8 Å². The molecule has 0 aromatic carbocycles. The molecule has 3 nitrogen and oxygen atoms in total. The van der Waals surface area contributed by atoms with Gasteiger partial charge in [0.05, 0.1) is 0 Å². The zero-order chi connectivity index (χ0) is 9.65. The molecule has 0 bridgehead atoms. The molecule has 11 heavy (non-hydrogen) atoms. The second kappa shape index (κ2) is 6.41. The van der Waals surface area contributed by atoms with Gasteiger partial charge in [0.15, 0.2) is 0 Å². The Kier molecular flexibility index (Phi) is 8.40. The smallest absolute Gasteiger partial charge is 0.324 e. The molecule has 0 aliphatic rings. The zero-order valence-corrected chi connectivity index (χ0v) is 9.03. The fourth-order valence-electron chi connectivity index (χ4n) is 0. The fourth-order valence-corrected chi connectivity index (χ4v) is 0. The predicted molar refractivity (Wildman–Crippen MR) is 48.5 cm³/mol. The molecule has 70 valence electrons. The maximum atomic E-state index is 7.23. The largest absolute Gasteiger partial charge is 0.328 e. The van der Waals surface area contributed by atoms with E-state index in [1.165, 1.54) is 0 Å². The minimum atomic E-state index is -2.62. The third-order valence-electron chi connectivity index (χ3n) is 0.655. The van der Waals surface area contributed by atoms with E-state index in [0.717, 1.165) is 0 Å². The van der Waals surface area contributed by atoms with Crippen LogP contribution < -0.4 is 0 Å². The molecule has 0 aromatic rings. The summed E-state index contributed by atoms with van der Waals surface area (Å²) in [6, 6.07) is 0. The van der Waals surface area contributed by atoms with Crippen molar-refractivity contribution >= 4 is 31.8 Å². The first-order valence-corrected chi connectivity index (χ1v) is 4.90. The Balaban J connectivity index is 0. The molecule has 6 heteroatoms. The van der Waals surface area contributed by atoms with Gasteiger partial charge in [0.25, 0.3) is 0 Å². The third-order valence-corrected chi connectivity index (χ3v) is 1.96. The number of halogens is 2. The Bertz CT molecular complexity index is 89.5. The summed E-state index contributed by atoms with van der Waals surface area (Å²) in [5.41, 5.74) is 0.0309. The summed E-state index contributed by atoms with van der Waals surface area (Å²) in [5.74, 6) is 0. The van der Waals surface area contributed by atoms with Crippen molar-refractivity contribution in [2.24, 2.45) is 5.41 Å². The van der Waals surface area contributed by atoms with Crippen LogP contribution in [-0.2, 0) is 0 Å². The van der Waals surface area contributed by atoms with Crippen LogP contribution in [-0.4, -0.2) is 19.5 Å². The molecule has 0 radical (unpaired) electrons. The molecule has 0 rings (SSSR count). The normalized spacial score (nSPS) is 11.5. The molecule has 0 unspecified atom stereocenters. The molecule has 0 aliphatic carbocycles. The fraction of sp³-hybridized carbons (Fsp3) is 1.00. The lowest BCUT2D eigenvalue weighted by Gasteiger charge is -2.18. The highest BCUT2D eigenvalue weighted by molar-refractivity contribution is 7.38. The summed E-state index contributed by atoms with van der Waals surface area (Å²) in [6.45, 7) is 5.99. The summed E-state index contributed by atoms with van der Waals surface area (Å²) < 4.78 is 0. The van der Waals surface area contributed by atoms with Crippen LogP contribution in [0, 0.1) is 5.41 Å². The Morgan fingerprint density at radius 3 is 1.18 bits per heavy atom. The lowest BCUT2D eigenvalue weighted by Crippen LogP contribution is -2.13. The Morgan fingerprint density at radius 1 is 1.09 bits per heavy atom. The SMILES string of the molecule is CC(C)(C)C(Cl)Cl.OP(O)O. The predicted octanol–water partition coefficient (Wildman–Crippen LogP) is 2.03. The van der Waals surface area contributed by atoms with Crippen LogP contribution in [0.5, 0.6) is 0 Å². The minimum absolute atomic E-state index is 0.0309. The van der Waals surface area contributed by atoms with Gasteiger partial charge in [-0.25, -0.2) is 0 Å². The van der Waals surface area contributed by atoms with E-state index in [-0.39, 0.29) is 10.3 Å². The van der Waals surface area contributed by atoms with Crippen molar-refractivity contribution < 1.29 is 14.7 Å². The van der Waals surface area contributed by atoms with Gasteiger partial charge in [0.2, 0.25) is 0 Å². The van der Waals surface area contributed by atoms with Gasteiger partial charge in [-0.2, -0.15) is 0 Å². The van der Waals surface area contributed by atoms with Crippen LogP contribution in [0.3, 0.4) is 0 Å². The van der Waals surface area contributed by atoms with Crippen molar-refractivity contribution in [2.45, 2.75) is 25.6 Å². The van der Waals surface area contributed by atoms with Gasteiger partial charge in [-0.05, 0) is 5.41 Å².